The number of nitrogens with one attached hydrogen (secondary N) is 2. The van der Waals surface area contributed by atoms with Crippen LogP contribution in [0.25, 0.3) is 0 Å². The van der Waals surface area contributed by atoms with Crippen molar-refractivity contribution >= 4 is 17.7 Å². The lowest BCUT2D eigenvalue weighted by Crippen LogP contribution is -2.27. The van der Waals surface area contributed by atoms with Crippen molar-refractivity contribution < 1.29 is 19.1 Å². The first-order valence-corrected chi connectivity index (χ1v) is 6.65. The van der Waals surface area contributed by atoms with Gasteiger partial charge in [-0.05, 0) is 51.5 Å². The smallest absolute Gasteiger partial charge is 0.412 e. The number of hydrogen-bond acceptors (Lipinski definition) is 4. The van der Waals surface area contributed by atoms with E-state index in [1.165, 1.54) is 0 Å². The Balaban J connectivity index is 2.66. The van der Waals surface area contributed by atoms with Crippen molar-refractivity contribution in [2.45, 2.75) is 33.3 Å². The molecule has 0 aliphatic carbocycles. The number of amides is 2. The molecule has 0 aliphatic heterocycles. The van der Waals surface area contributed by atoms with Crippen LogP contribution >= 0.6 is 0 Å². The van der Waals surface area contributed by atoms with Gasteiger partial charge >= 0.3 is 6.09 Å². The Morgan fingerprint density at radius 1 is 1.24 bits per heavy atom. The Hall–Kier alpha value is -2.24. The first kappa shape index (κ1) is 16.8. The fraction of sp³-hybridized carbons (Fsp3) is 0.467. The highest BCUT2D eigenvalue weighted by Gasteiger charge is 2.16. The molecule has 6 nitrogen and oxygen atoms in total. The zero-order chi connectivity index (χ0) is 16.0. The predicted molar refractivity (Wildman–Crippen MR) is 80.6 cm³/mol. The van der Waals surface area contributed by atoms with Crippen LogP contribution in [0.5, 0.6) is 5.75 Å². The van der Waals surface area contributed by atoms with E-state index in [1.807, 2.05) is 6.92 Å². The van der Waals surface area contributed by atoms with Gasteiger partial charge in [0, 0.05) is 12.7 Å². The van der Waals surface area contributed by atoms with Gasteiger partial charge in [0.1, 0.15) is 11.4 Å². The lowest BCUT2D eigenvalue weighted by molar-refractivity contribution is -0.122. The Morgan fingerprint density at radius 3 is 2.43 bits per heavy atom. The normalized spacial score (nSPS) is 10.7. The summed E-state index contributed by atoms with van der Waals surface area (Å²) in [6.07, 6.45) is -0.510. The zero-order valence-corrected chi connectivity index (χ0v) is 13.1. The molecule has 0 bridgehead atoms. The average molecular weight is 294 g/mol. The van der Waals surface area contributed by atoms with Crippen LogP contribution in [0.1, 0.15) is 26.3 Å². The van der Waals surface area contributed by atoms with Crippen LogP contribution in [0.15, 0.2) is 18.2 Å². The SMILES string of the molecule is CNC(=O)COc1ccc(NC(=O)OC(C)(C)C)c(C)c1. The molecule has 1 rings (SSSR count). The summed E-state index contributed by atoms with van der Waals surface area (Å²) in [6, 6.07) is 5.14. The molecule has 1 aromatic carbocycles. The average Bonchev–Trinajstić information content (AvgIpc) is 2.36. The molecule has 2 amide bonds. The number of likely N-dealkylation sites (N-methyl/N-ethyl adjacent to an activating group) is 1. The monoisotopic (exact) mass is 294 g/mol. The second-order valence-electron chi connectivity index (χ2n) is 5.57. The minimum Gasteiger partial charge on any atom is -0.484 e. The molecule has 2 N–H and O–H groups in total. The van der Waals surface area contributed by atoms with Crippen molar-refractivity contribution in [2.24, 2.45) is 0 Å². The van der Waals surface area contributed by atoms with Gasteiger partial charge in [0.2, 0.25) is 0 Å². The van der Waals surface area contributed by atoms with Gasteiger partial charge in [-0.15, -0.1) is 0 Å². The third-order valence-corrected chi connectivity index (χ3v) is 2.48. The molecule has 1 aromatic rings. The molecule has 116 valence electrons. The Bertz CT molecular complexity index is 521. The van der Waals surface area contributed by atoms with Crippen molar-refractivity contribution in [3.05, 3.63) is 23.8 Å². The summed E-state index contributed by atoms with van der Waals surface area (Å²) in [5.41, 5.74) is 0.904. The first-order valence-electron chi connectivity index (χ1n) is 6.65. The number of carbonyl (C=O) groups is 2. The zero-order valence-electron chi connectivity index (χ0n) is 13.1. The Kier molecular flexibility index (Phi) is 5.58. The third-order valence-electron chi connectivity index (χ3n) is 2.48. The largest absolute Gasteiger partial charge is 0.484 e. The molecule has 0 heterocycles. The van der Waals surface area contributed by atoms with Crippen molar-refractivity contribution in [1.82, 2.24) is 5.32 Å². The highest BCUT2D eigenvalue weighted by molar-refractivity contribution is 5.86. The van der Waals surface area contributed by atoms with E-state index in [1.54, 1.807) is 46.0 Å². The first-order chi connectivity index (χ1) is 9.71. The fourth-order valence-electron chi connectivity index (χ4n) is 1.50. The summed E-state index contributed by atoms with van der Waals surface area (Å²) in [4.78, 5) is 22.8. The number of hydrogen-bond donors (Lipinski definition) is 2. The lowest BCUT2D eigenvalue weighted by atomic mass is 10.2. The summed E-state index contributed by atoms with van der Waals surface area (Å²) in [5.74, 6) is 0.356. The van der Waals surface area contributed by atoms with Crippen molar-refractivity contribution in [1.29, 1.82) is 0 Å². The van der Waals surface area contributed by atoms with Crippen LogP contribution in [-0.4, -0.2) is 31.3 Å². The second-order valence-corrected chi connectivity index (χ2v) is 5.57. The van der Waals surface area contributed by atoms with E-state index in [9.17, 15) is 9.59 Å². The third kappa shape index (κ3) is 6.16. The summed E-state index contributed by atoms with van der Waals surface area (Å²) < 4.78 is 10.5. The van der Waals surface area contributed by atoms with E-state index < -0.39 is 11.7 Å². The summed E-state index contributed by atoms with van der Waals surface area (Å²) >= 11 is 0. The van der Waals surface area contributed by atoms with Crippen LogP contribution in [0.2, 0.25) is 0 Å². The summed E-state index contributed by atoms with van der Waals surface area (Å²) in [7, 11) is 1.55. The summed E-state index contributed by atoms with van der Waals surface area (Å²) in [6.45, 7) is 7.19. The number of rotatable bonds is 4. The number of anilines is 1. The van der Waals surface area contributed by atoms with Gasteiger partial charge in [0.15, 0.2) is 6.61 Å². The molecule has 0 atom stereocenters. The van der Waals surface area contributed by atoms with E-state index in [0.717, 1.165) is 5.56 Å². The molecule has 0 fully saturated rings. The van der Waals surface area contributed by atoms with Gasteiger partial charge in [-0.1, -0.05) is 0 Å². The maximum absolute atomic E-state index is 11.7. The van der Waals surface area contributed by atoms with Gasteiger partial charge in [0.05, 0.1) is 0 Å². The predicted octanol–water partition coefficient (Wildman–Crippen LogP) is 2.47. The number of carbonyl (C=O) groups excluding carboxylic acids is 2. The van der Waals surface area contributed by atoms with E-state index in [-0.39, 0.29) is 12.5 Å². The maximum atomic E-state index is 11.7. The van der Waals surface area contributed by atoms with Crippen LogP contribution in [0.3, 0.4) is 0 Å². The van der Waals surface area contributed by atoms with Crippen LogP contribution in [-0.2, 0) is 9.53 Å². The quantitative estimate of drug-likeness (QED) is 0.894. The minimum atomic E-state index is -0.547. The highest BCUT2D eigenvalue weighted by Crippen LogP contribution is 2.22. The van der Waals surface area contributed by atoms with Gasteiger partial charge in [-0.2, -0.15) is 0 Å². The van der Waals surface area contributed by atoms with Crippen LogP contribution in [0, 0.1) is 6.92 Å². The lowest BCUT2D eigenvalue weighted by Gasteiger charge is -2.20. The van der Waals surface area contributed by atoms with Crippen molar-refractivity contribution in [3.8, 4) is 5.75 Å². The number of benzene rings is 1. The highest BCUT2D eigenvalue weighted by atomic mass is 16.6. The van der Waals surface area contributed by atoms with Gasteiger partial charge < -0.3 is 14.8 Å². The fourth-order valence-corrected chi connectivity index (χ4v) is 1.50. The Morgan fingerprint density at radius 2 is 1.90 bits per heavy atom. The van der Waals surface area contributed by atoms with E-state index in [2.05, 4.69) is 10.6 Å². The molecule has 0 radical (unpaired) electrons. The summed E-state index contributed by atoms with van der Waals surface area (Å²) in [5, 5.41) is 5.15. The number of aryl methyl sites for hydroxylation is 1. The van der Waals surface area contributed by atoms with Crippen molar-refractivity contribution in [3.63, 3.8) is 0 Å². The number of ether oxygens (including phenoxy) is 2. The second kappa shape index (κ2) is 6.97. The standard InChI is InChI=1S/C15H22N2O4/c1-10-8-11(20-9-13(18)16-5)6-7-12(10)17-14(19)21-15(2,3)4/h6-8H,9H2,1-5H3,(H,16,18)(H,17,19). The molecular formula is C15H22N2O4. The molecular weight excluding hydrogens is 272 g/mol. The molecule has 21 heavy (non-hydrogen) atoms. The van der Waals surface area contributed by atoms with E-state index in [0.29, 0.717) is 11.4 Å². The maximum Gasteiger partial charge on any atom is 0.412 e. The van der Waals surface area contributed by atoms with Crippen LogP contribution in [0.4, 0.5) is 10.5 Å². The van der Waals surface area contributed by atoms with Crippen LogP contribution < -0.4 is 15.4 Å². The minimum absolute atomic E-state index is 0.0468. The van der Waals surface area contributed by atoms with Gasteiger partial charge in [-0.3, -0.25) is 10.1 Å². The molecule has 0 saturated carbocycles. The molecule has 0 aromatic heterocycles. The van der Waals surface area contributed by atoms with E-state index in [4.69, 9.17) is 9.47 Å². The molecule has 0 saturated heterocycles. The van der Waals surface area contributed by atoms with Gasteiger partial charge in [0.25, 0.3) is 5.91 Å². The molecule has 0 aliphatic rings. The van der Waals surface area contributed by atoms with E-state index >= 15 is 0 Å². The topological polar surface area (TPSA) is 76.7 Å². The Labute approximate surface area is 124 Å². The molecule has 6 heteroatoms. The molecule has 0 unspecified atom stereocenters. The molecule has 0 spiro atoms. The van der Waals surface area contributed by atoms with Crippen molar-refractivity contribution in [2.75, 3.05) is 19.0 Å². The van der Waals surface area contributed by atoms with Gasteiger partial charge in [-0.25, -0.2) is 4.79 Å².